The van der Waals surface area contributed by atoms with Crippen molar-refractivity contribution in [3.63, 3.8) is 0 Å². The van der Waals surface area contributed by atoms with Crippen molar-refractivity contribution in [3.05, 3.63) is 63.4 Å². The third-order valence-corrected chi connectivity index (χ3v) is 5.06. The van der Waals surface area contributed by atoms with Gasteiger partial charge in [-0.3, -0.25) is 9.36 Å². The van der Waals surface area contributed by atoms with E-state index >= 15 is 0 Å². The maximum absolute atomic E-state index is 13.1. The Balaban J connectivity index is 2.27. The molecule has 0 aliphatic heterocycles. The number of methoxy groups -OCH3 is 1. The Morgan fingerprint density at radius 1 is 1.21 bits per heavy atom. The highest BCUT2D eigenvalue weighted by Crippen LogP contribution is 2.26. The topological polar surface area (TPSA) is 44.1 Å². The van der Waals surface area contributed by atoms with Crippen LogP contribution in [0, 0.1) is 6.92 Å². The second-order valence-electron chi connectivity index (χ2n) is 5.28. The summed E-state index contributed by atoms with van der Waals surface area (Å²) in [6.07, 6.45) is 0. The molecule has 124 valence electrons. The molecule has 0 bridgehead atoms. The number of benzene rings is 2. The average Bonchev–Trinajstić information content (AvgIpc) is 2.59. The molecule has 0 radical (unpaired) electrons. The Morgan fingerprint density at radius 2 is 2.00 bits per heavy atom. The van der Waals surface area contributed by atoms with Gasteiger partial charge in [-0.1, -0.05) is 41.6 Å². The fraction of sp³-hybridized carbons (Fsp3) is 0.222. The molecule has 0 N–H and O–H groups in total. The van der Waals surface area contributed by atoms with Crippen LogP contribution in [0.3, 0.4) is 0 Å². The highest BCUT2D eigenvalue weighted by Gasteiger charge is 2.15. The lowest BCUT2D eigenvalue weighted by Gasteiger charge is -2.15. The summed E-state index contributed by atoms with van der Waals surface area (Å²) in [5.41, 5.74) is 2.21. The summed E-state index contributed by atoms with van der Waals surface area (Å²) in [5.74, 6) is 0.709. The van der Waals surface area contributed by atoms with Crippen LogP contribution < -0.4 is 5.56 Å². The molecule has 4 nitrogen and oxygen atoms in total. The van der Waals surface area contributed by atoms with E-state index in [2.05, 4.69) is 4.98 Å². The molecule has 0 aliphatic rings. The Hall–Kier alpha value is -1.82. The smallest absolute Gasteiger partial charge is 0.266 e. The molecule has 1 heterocycles. The monoisotopic (exact) mass is 360 g/mol. The Bertz CT molecular complexity index is 940. The summed E-state index contributed by atoms with van der Waals surface area (Å²) in [6.45, 7) is 2.49. The first-order valence-electron chi connectivity index (χ1n) is 7.52. The molecule has 0 unspecified atom stereocenters. The third kappa shape index (κ3) is 3.20. The molecule has 0 amide bonds. The maximum Gasteiger partial charge on any atom is 0.266 e. The molecule has 0 saturated carbocycles. The van der Waals surface area contributed by atoms with Gasteiger partial charge in [0.2, 0.25) is 0 Å². The first-order valence-corrected chi connectivity index (χ1v) is 8.89. The minimum atomic E-state index is -0.0918. The van der Waals surface area contributed by atoms with Crippen LogP contribution in [-0.4, -0.2) is 29.0 Å². The number of fused-ring (bicyclic) bond motifs is 1. The zero-order valence-electron chi connectivity index (χ0n) is 13.5. The predicted octanol–water partition coefficient (Wildman–Crippen LogP) is 4.09. The van der Waals surface area contributed by atoms with E-state index in [4.69, 9.17) is 16.3 Å². The molecule has 6 heteroatoms. The van der Waals surface area contributed by atoms with Crippen molar-refractivity contribution in [2.24, 2.45) is 0 Å². The number of rotatable bonds is 5. The summed E-state index contributed by atoms with van der Waals surface area (Å²) >= 11 is 7.74. The molecule has 0 saturated heterocycles. The number of aromatic nitrogens is 2. The summed E-state index contributed by atoms with van der Waals surface area (Å²) in [5, 5.41) is 1.86. The number of para-hydroxylation sites is 1. The summed E-state index contributed by atoms with van der Waals surface area (Å²) in [6, 6.07) is 12.9. The zero-order valence-corrected chi connectivity index (χ0v) is 15.0. The first kappa shape index (κ1) is 17.0. The summed E-state index contributed by atoms with van der Waals surface area (Å²) in [4.78, 5) is 17.8. The van der Waals surface area contributed by atoms with E-state index in [0.717, 1.165) is 11.3 Å². The van der Waals surface area contributed by atoms with E-state index in [1.165, 1.54) is 11.8 Å². The lowest BCUT2D eigenvalue weighted by Crippen LogP contribution is -2.22. The summed E-state index contributed by atoms with van der Waals surface area (Å²) in [7, 11) is 1.66. The van der Waals surface area contributed by atoms with Crippen molar-refractivity contribution in [1.82, 2.24) is 9.55 Å². The number of hydrogen-bond donors (Lipinski definition) is 0. The van der Waals surface area contributed by atoms with Crippen LogP contribution in [-0.2, 0) is 4.74 Å². The molecular weight excluding hydrogens is 344 g/mol. The second-order valence-corrected chi connectivity index (χ2v) is 6.75. The Labute approximate surface area is 149 Å². The quantitative estimate of drug-likeness (QED) is 0.390. The van der Waals surface area contributed by atoms with Gasteiger partial charge in [0.25, 0.3) is 5.56 Å². The van der Waals surface area contributed by atoms with Gasteiger partial charge in [0.15, 0.2) is 5.16 Å². The normalized spacial score (nSPS) is 11.1. The molecular formula is C18H17ClN2O2S. The van der Waals surface area contributed by atoms with Gasteiger partial charge in [0, 0.05) is 17.9 Å². The molecule has 3 rings (SSSR count). The van der Waals surface area contributed by atoms with Gasteiger partial charge >= 0.3 is 0 Å². The van der Waals surface area contributed by atoms with Crippen molar-refractivity contribution in [3.8, 4) is 5.69 Å². The van der Waals surface area contributed by atoms with Crippen LogP contribution in [0.2, 0.25) is 5.02 Å². The SMILES string of the molecule is COCCSc1nc2ccccc2c(=O)n1-c1cccc(Cl)c1C. The molecule has 0 spiro atoms. The molecule has 0 fully saturated rings. The highest BCUT2D eigenvalue weighted by molar-refractivity contribution is 7.99. The summed E-state index contributed by atoms with van der Waals surface area (Å²) < 4.78 is 6.76. The van der Waals surface area contributed by atoms with E-state index in [-0.39, 0.29) is 5.56 Å². The van der Waals surface area contributed by atoms with Crippen molar-refractivity contribution in [2.45, 2.75) is 12.1 Å². The molecule has 0 aliphatic carbocycles. The van der Waals surface area contributed by atoms with Gasteiger partial charge in [-0.2, -0.15) is 0 Å². The van der Waals surface area contributed by atoms with E-state index < -0.39 is 0 Å². The number of thioether (sulfide) groups is 1. The van der Waals surface area contributed by atoms with Crippen LogP contribution >= 0.6 is 23.4 Å². The van der Waals surface area contributed by atoms with E-state index in [9.17, 15) is 4.79 Å². The van der Waals surface area contributed by atoms with Crippen molar-refractivity contribution in [1.29, 1.82) is 0 Å². The zero-order chi connectivity index (χ0) is 17.1. The largest absolute Gasteiger partial charge is 0.384 e. The molecule has 1 aromatic heterocycles. The minimum absolute atomic E-state index is 0.0918. The fourth-order valence-electron chi connectivity index (χ4n) is 2.48. The number of ether oxygens (including phenoxy) is 1. The van der Waals surface area contributed by atoms with E-state index in [0.29, 0.717) is 33.4 Å². The van der Waals surface area contributed by atoms with Gasteiger partial charge in [-0.15, -0.1) is 0 Å². The molecule has 0 atom stereocenters. The molecule has 3 aromatic rings. The van der Waals surface area contributed by atoms with Gasteiger partial charge in [-0.05, 0) is 36.8 Å². The van der Waals surface area contributed by atoms with Crippen molar-refractivity contribution < 1.29 is 4.74 Å². The van der Waals surface area contributed by atoms with Crippen LogP contribution in [0.4, 0.5) is 0 Å². The van der Waals surface area contributed by atoms with Crippen LogP contribution in [0.25, 0.3) is 16.6 Å². The Morgan fingerprint density at radius 3 is 2.79 bits per heavy atom. The minimum Gasteiger partial charge on any atom is -0.384 e. The van der Waals surface area contributed by atoms with Gasteiger partial charge in [0.05, 0.1) is 23.2 Å². The first-order chi connectivity index (χ1) is 11.6. The lowest BCUT2D eigenvalue weighted by molar-refractivity contribution is 0.218. The van der Waals surface area contributed by atoms with E-state index in [1.807, 2.05) is 43.3 Å². The fourth-order valence-corrected chi connectivity index (χ4v) is 3.55. The molecule has 24 heavy (non-hydrogen) atoms. The predicted molar refractivity (Wildman–Crippen MR) is 99.7 cm³/mol. The second kappa shape index (κ2) is 7.38. The number of hydrogen-bond acceptors (Lipinski definition) is 4. The highest BCUT2D eigenvalue weighted by atomic mass is 35.5. The third-order valence-electron chi connectivity index (χ3n) is 3.74. The number of nitrogens with zero attached hydrogens (tertiary/aromatic N) is 2. The number of halogens is 1. The van der Waals surface area contributed by atoms with E-state index in [1.54, 1.807) is 17.7 Å². The lowest BCUT2D eigenvalue weighted by atomic mass is 10.2. The van der Waals surface area contributed by atoms with Gasteiger partial charge in [0.1, 0.15) is 0 Å². The van der Waals surface area contributed by atoms with Crippen LogP contribution in [0.15, 0.2) is 52.4 Å². The molecule has 2 aromatic carbocycles. The van der Waals surface area contributed by atoms with Crippen molar-refractivity contribution >= 4 is 34.3 Å². The van der Waals surface area contributed by atoms with Crippen molar-refractivity contribution in [2.75, 3.05) is 19.5 Å². The Kier molecular flexibility index (Phi) is 5.23. The average molecular weight is 361 g/mol. The maximum atomic E-state index is 13.1. The standard InChI is InChI=1S/C18H17ClN2O2S/c1-12-14(19)7-5-9-16(12)21-17(22)13-6-3-4-8-15(13)20-18(21)24-11-10-23-2/h3-9H,10-11H2,1-2H3. The van der Waals surface area contributed by atoms with Crippen LogP contribution in [0.5, 0.6) is 0 Å². The van der Waals surface area contributed by atoms with Gasteiger partial charge in [-0.25, -0.2) is 4.98 Å². The van der Waals surface area contributed by atoms with Crippen LogP contribution in [0.1, 0.15) is 5.56 Å². The van der Waals surface area contributed by atoms with Gasteiger partial charge < -0.3 is 4.74 Å².